The Kier molecular flexibility index (Phi) is 8.39. The Balaban J connectivity index is 1.62. The number of halogens is 8. The predicted octanol–water partition coefficient (Wildman–Crippen LogP) is 9.14. The largest absolute Gasteiger partial charge is 0.322 e. The molecule has 186 valence electrons. The quantitative estimate of drug-likeness (QED) is 0.220. The number of carbonyl (C=O) groups excluding carboxylic acids is 2. The molecule has 14 heteroatoms. The fraction of sp³-hybridized carbons (Fsp3) is 0.0455. The molecule has 2 amide bonds. The molecule has 3 aromatic rings. The van der Waals surface area contributed by atoms with Crippen molar-refractivity contribution in [2.24, 2.45) is 4.99 Å². The van der Waals surface area contributed by atoms with Gasteiger partial charge in [-0.1, -0.05) is 98.9 Å². The van der Waals surface area contributed by atoms with Gasteiger partial charge in [0.1, 0.15) is 11.5 Å². The summed E-state index contributed by atoms with van der Waals surface area (Å²) < 4.78 is 0. The Labute approximate surface area is 244 Å². The van der Waals surface area contributed by atoms with Gasteiger partial charge in [0, 0.05) is 5.69 Å². The summed E-state index contributed by atoms with van der Waals surface area (Å²) in [4.78, 5) is 29.9. The van der Waals surface area contributed by atoms with E-state index in [1.54, 1.807) is 24.3 Å². The van der Waals surface area contributed by atoms with Gasteiger partial charge in [-0.15, -0.1) is 0 Å². The van der Waals surface area contributed by atoms with E-state index >= 15 is 0 Å². The highest BCUT2D eigenvalue weighted by Crippen LogP contribution is 2.48. The zero-order chi connectivity index (χ0) is 26.3. The van der Waals surface area contributed by atoms with E-state index in [0.29, 0.717) is 5.69 Å². The number of nitrogens with one attached hydrogen (secondary N) is 2. The van der Waals surface area contributed by atoms with Gasteiger partial charge in [0.25, 0.3) is 11.8 Å². The minimum Gasteiger partial charge on any atom is -0.322 e. The smallest absolute Gasteiger partial charge is 0.258 e. The lowest BCUT2D eigenvalue weighted by Gasteiger charge is -2.21. The summed E-state index contributed by atoms with van der Waals surface area (Å²) in [7, 11) is 0. The summed E-state index contributed by atoms with van der Waals surface area (Å²) in [5, 5.41) is 4.11. The van der Waals surface area contributed by atoms with Crippen LogP contribution in [0.1, 0.15) is 16.8 Å². The molecule has 3 aromatic carbocycles. The second-order valence-corrected chi connectivity index (χ2v) is 10.3. The van der Waals surface area contributed by atoms with Gasteiger partial charge >= 0.3 is 0 Å². The van der Waals surface area contributed by atoms with Gasteiger partial charge < -0.3 is 5.32 Å². The first-order valence-corrected chi connectivity index (χ1v) is 12.8. The van der Waals surface area contributed by atoms with E-state index in [1.165, 1.54) is 12.1 Å². The molecule has 0 radical (unpaired) electrons. The average molecular weight is 646 g/mol. The van der Waals surface area contributed by atoms with Crippen molar-refractivity contribution in [3.63, 3.8) is 0 Å². The number of hydrogen-bond donors (Lipinski definition) is 2. The van der Waals surface area contributed by atoms with Crippen LogP contribution in [-0.2, 0) is 4.79 Å². The van der Waals surface area contributed by atoms with Crippen molar-refractivity contribution < 1.29 is 9.59 Å². The SMILES string of the molecule is O=C(Nc1ccc(Cl)c(N=C2CC(=O)N(c3c(Cl)c(Cl)c(Cl)c(Cl)c3Cl)N2)c1)c1c(Cl)cccc1Cl. The maximum Gasteiger partial charge on any atom is 0.258 e. The lowest BCUT2D eigenvalue weighted by atomic mass is 10.2. The van der Waals surface area contributed by atoms with Crippen LogP contribution in [0.2, 0.25) is 40.2 Å². The molecule has 4 rings (SSSR count). The molecule has 2 N–H and O–H groups in total. The van der Waals surface area contributed by atoms with Gasteiger partial charge in [-0.2, -0.15) is 0 Å². The summed E-state index contributed by atoms with van der Waals surface area (Å²) in [6, 6.07) is 9.36. The van der Waals surface area contributed by atoms with Crippen LogP contribution in [-0.4, -0.2) is 17.6 Å². The highest BCUT2D eigenvalue weighted by molar-refractivity contribution is 6.57. The van der Waals surface area contributed by atoms with Crippen molar-refractivity contribution in [3.8, 4) is 0 Å². The van der Waals surface area contributed by atoms with Crippen molar-refractivity contribution in [1.82, 2.24) is 5.43 Å². The lowest BCUT2D eigenvalue weighted by molar-refractivity contribution is -0.116. The summed E-state index contributed by atoms with van der Waals surface area (Å²) >= 11 is 49.4. The second kappa shape index (κ2) is 11.0. The van der Waals surface area contributed by atoms with E-state index in [9.17, 15) is 9.59 Å². The number of rotatable bonds is 4. The number of amidine groups is 1. The average Bonchev–Trinajstić information content (AvgIpc) is 3.18. The monoisotopic (exact) mass is 642 g/mol. The summed E-state index contributed by atoms with van der Waals surface area (Å²) in [5.74, 6) is -0.748. The highest BCUT2D eigenvalue weighted by Gasteiger charge is 2.33. The Morgan fingerprint density at radius 2 is 1.42 bits per heavy atom. The van der Waals surface area contributed by atoms with Gasteiger partial charge in [-0.3, -0.25) is 15.0 Å². The van der Waals surface area contributed by atoms with Crippen molar-refractivity contribution in [3.05, 3.63) is 82.1 Å². The minimum absolute atomic E-state index is 0.0247. The third-order valence-corrected chi connectivity index (χ3v) is 8.07. The molecular weight excluding hydrogens is 636 g/mol. The van der Waals surface area contributed by atoms with Gasteiger partial charge in [-0.25, -0.2) is 10.0 Å². The molecule has 1 fully saturated rings. The van der Waals surface area contributed by atoms with Gasteiger partial charge in [0.2, 0.25) is 0 Å². The zero-order valence-corrected chi connectivity index (χ0v) is 23.5. The van der Waals surface area contributed by atoms with Crippen LogP contribution in [0.15, 0.2) is 41.4 Å². The summed E-state index contributed by atoms with van der Waals surface area (Å²) in [5.41, 5.74) is 3.59. The molecule has 1 aliphatic rings. The number of hydrazine groups is 1. The number of carbonyl (C=O) groups is 2. The number of benzene rings is 3. The maximum atomic E-state index is 12.7. The molecule has 0 bridgehead atoms. The topological polar surface area (TPSA) is 73.8 Å². The molecule has 1 heterocycles. The van der Waals surface area contributed by atoms with Crippen LogP contribution in [0.3, 0.4) is 0 Å². The predicted molar refractivity (Wildman–Crippen MR) is 150 cm³/mol. The molecule has 0 unspecified atom stereocenters. The van der Waals surface area contributed by atoms with Crippen LogP contribution >= 0.6 is 92.8 Å². The van der Waals surface area contributed by atoms with Gasteiger partial charge in [0.15, 0.2) is 0 Å². The van der Waals surface area contributed by atoms with E-state index < -0.39 is 11.8 Å². The number of hydrogen-bond acceptors (Lipinski definition) is 3. The first-order valence-electron chi connectivity index (χ1n) is 9.73. The minimum atomic E-state index is -0.521. The van der Waals surface area contributed by atoms with Crippen LogP contribution in [0, 0.1) is 0 Å². The van der Waals surface area contributed by atoms with E-state index in [2.05, 4.69) is 15.7 Å². The normalized spacial score (nSPS) is 14.4. The molecule has 0 spiro atoms. The van der Waals surface area contributed by atoms with Crippen LogP contribution < -0.4 is 15.8 Å². The molecule has 1 aliphatic heterocycles. The molecule has 1 saturated heterocycles. The number of aliphatic imine (C=N–C) groups is 1. The van der Waals surface area contributed by atoms with E-state index in [-0.39, 0.29) is 69.4 Å². The van der Waals surface area contributed by atoms with Crippen LogP contribution in [0.25, 0.3) is 0 Å². The second-order valence-electron chi connectivity index (χ2n) is 7.21. The third kappa shape index (κ3) is 5.33. The van der Waals surface area contributed by atoms with Gasteiger partial charge in [0.05, 0.1) is 57.9 Å². The Morgan fingerprint density at radius 1 is 0.833 bits per heavy atom. The molecule has 6 nitrogen and oxygen atoms in total. The maximum absolute atomic E-state index is 12.7. The van der Waals surface area contributed by atoms with E-state index in [1.807, 2.05) is 0 Å². The highest BCUT2D eigenvalue weighted by atomic mass is 35.5. The first kappa shape index (κ1) is 27.4. The van der Waals surface area contributed by atoms with Crippen LogP contribution in [0.4, 0.5) is 17.1 Å². The molecular formula is C22H10Cl8N4O2. The zero-order valence-electron chi connectivity index (χ0n) is 17.4. The number of anilines is 2. The Morgan fingerprint density at radius 3 is 2.03 bits per heavy atom. The van der Waals surface area contributed by atoms with Crippen molar-refractivity contribution in [1.29, 1.82) is 0 Å². The molecule has 36 heavy (non-hydrogen) atoms. The van der Waals surface area contributed by atoms with Crippen molar-refractivity contribution in [2.45, 2.75) is 6.42 Å². The molecule has 0 aliphatic carbocycles. The van der Waals surface area contributed by atoms with Crippen molar-refractivity contribution in [2.75, 3.05) is 10.3 Å². The number of nitrogens with zero attached hydrogens (tertiary/aromatic N) is 2. The number of amides is 2. The van der Waals surface area contributed by atoms with E-state index in [4.69, 9.17) is 92.8 Å². The first-order chi connectivity index (χ1) is 17.0. The van der Waals surface area contributed by atoms with E-state index in [0.717, 1.165) is 5.01 Å². The Bertz CT molecular complexity index is 1410. The molecule has 0 aromatic heterocycles. The summed E-state index contributed by atoms with van der Waals surface area (Å²) in [6.45, 7) is 0. The summed E-state index contributed by atoms with van der Waals surface area (Å²) in [6.07, 6.45) is -0.146. The molecule has 0 saturated carbocycles. The fourth-order valence-corrected chi connectivity index (χ4v) is 5.24. The third-order valence-electron chi connectivity index (χ3n) is 4.87. The lowest BCUT2D eigenvalue weighted by Crippen LogP contribution is -2.36. The Hall–Kier alpha value is -1.61. The van der Waals surface area contributed by atoms with Gasteiger partial charge in [-0.05, 0) is 30.3 Å². The molecule has 0 atom stereocenters. The standard InChI is InChI=1S/C22H10Cl8N4O2/c23-9-5-4-8(31-22(36)15-10(24)2-1-3-11(15)25)6-12(9)32-13-7-14(35)34(33-13)21-19(29)17(27)16(26)18(28)20(21)30/h1-6H,7H2,(H,31,36)(H,32,33). The van der Waals surface area contributed by atoms with Crippen molar-refractivity contribution >= 4 is 128 Å². The van der Waals surface area contributed by atoms with Crippen LogP contribution in [0.5, 0.6) is 0 Å². The fourth-order valence-electron chi connectivity index (χ4n) is 3.22.